The van der Waals surface area contributed by atoms with Crippen molar-refractivity contribution >= 4 is 17.3 Å². The zero-order valence-electron chi connectivity index (χ0n) is 19.5. The topological polar surface area (TPSA) is 71.9 Å². The molecule has 0 spiro atoms. The summed E-state index contributed by atoms with van der Waals surface area (Å²) in [4.78, 5) is 16.8. The summed E-state index contributed by atoms with van der Waals surface area (Å²) >= 11 is 0. The Hall–Kier alpha value is -3.43. The number of carbonyl (C=O) groups is 1. The molecule has 0 unspecified atom stereocenters. The van der Waals surface area contributed by atoms with E-state index in [1.165, 1.54) is 12.1 Å². The van der Waals surface area contributed by atoms with Crippen LogP contribution in [0.25, 0.3) is 11.3 Å². The maximum atomic E-state index is 13.2. The van der Waals surface area contributed by atoms with Crippen LogP contribution in [0.15, 0.2) is 54.7 Å². The number of benzene rings is 2. The maximum Gasteiger partial charge on any atom is 0.243 e. The number of rotatable bonds is 9. The van der Waals surface area contributed by atoms with Crippen molar-refractivity contribution < 1.29 is 18.7 Å². The van der Waals surface area contributed by atoms with Crippen LogP contribution in [0.1, 0.15) is 0 Å². The average molecular weight is 468 g/mol. The van der Waals surface area contributed by atoms with Crippen LogP contribution in [0.2, 0.25) is 0 Å². The first kappa shape index (κ1) is 23.7. The van der Waals surface area contributed by atoms with E-state index in [4.69, 9.17) is 9.47 Å². The Kier molecular flexibility index (Phi) is 7.76. The van der Waals surface area contributed by atoms with Gasteiger partial charge in [-0.15, -0.1) is 0 Å². The van der Waals surface area contributed by atoms with Gasteiger partial charge >= 0.3 is 0 Å². The third-order valence-corrected chi connectivity index (χ3v) is 5.78. The molecular formula is C25H30FN5O3. The smallest absolute Gasteiger partial charge is 0.243 e. The van der Waals surface area contributed by atoms with Gasteiger partial charge in [0, 0.05) is 56.9 Å². The number of halogens is 1. The highest BCUT2D eigenvalue weighted by molar-refractivity contribution is 5.95. The van der Waals surface area contributed by atoms with E-state index in [0.717, 1.165) is 55.5 Å². The molecule has 1 saturated heterocycles. The normalized spacial score (nSPS) is 14.1. The lowest BCUT2D eigenvalue weighted by atomic mass is 10.1. The first-order chi connectivity index (χ1) is 16.5. The zero-order chi connectivity index (χ0) is 23.9. The summed E-state index contributed by atoms with van der Waals surface area (Å²) in [5.41, 5.74) is 3.16. The van der Waals surface area contributed by atoms with Gasteiger partial charge in [0.25, 0.3) is 0 Å². The van der Waals surface area contributed by atoms with E-state index in [-0.39, 0.29) is 18.3 Å². The van der Waals surface area contributed by atoms with Crippen LogP contribution in [0.5, 0.6) is 5.75 Å². The van der Waals surface area contributed by atoms with Gasteiger partial charge in [0.1, 0.15) is 18.2 Å². The largest absolute Gasteiger partial charge is 0.492 e. The van der Waals surface area contributed by atoms with E-state index in [9.17, 15) is 9.18 Å². The molecule has 1 aliphatic rings. The Morgan fingerprint density at radius 2 is 1.94 bits per heavy atom. The molecule has 34 heavy (non-hydrogen) atoms. The fourth-order valence-electron chi connectivity index (χ4n) is 3.88. The van der Waals surface area contributed by atoms with Gasteiger partial charge in [0.15, 0.2) is 0 Å². The summed E-state index contributed by atoms with van der Waals surface area (Å²) in [7, 11) is 3.66. The molecule has 9 heteroatoms. The molecule has 1 aromatic heterocycles. The standard InChI is InChI=1S/C25H30FN5O3/c1-29(21-6-3-19(26)4-7-21)18-25(32)28-20-5-8-24(22(17-20)23-9-10-27-30(23)2)34-16-13-31-11-14-33-15-12-31/h3-10,17H,11-16,18H2,1-2H3,(H,28,32). The Morgan fingerprint density at radius 1 is 1.18 bits per heavy atom. The molecule has 4 rings (SSSR count). The molecule has 180 valence electrons. The summed E-state index contributed by atoms with van der Waals surface area (Å²) in [5, 5.41) is 7.22. The van der Waals surface area contributed by atoms with Crippen LogP contribution < -0.4 is 15.0 Å². The van der Waals surface area contributed by atoms with Crippen molar-refractivity contribution in [1.29, 1.82) is 0 Å². The summed E-state index contributed by atoms with van der Waals surface area (Å²) in [6, 6.07) is 13.6. The van der Waals surface area contributed by atoms with E-state index in [1.54, 1.807) is 35.0 Å². The van der Waals surface area contributed by atoms with Crippen LogP contribution in [0, 0.1) is 5.82 Å². The minimum absolute atomic E-state index is 0.129. The first-order valence-electron chi connectivity index (χ1n) is 11.3. The Bertz CT molecular complexity index is 1100. The quantitative estimate of drug-likeness (QED) is 0.522. The molecule has 2 heterocycles. The van der Waals surface area contributed by atoms with Crippen LogP contribution in [0.4, 0.5) is 15.8 Å². The number of hydrogen-bond donors (Lipinski definition) is 1. The van der Waals surface area contributed by atoms with Crippen LogP contribution in [-0.2, 0) is 16.6 Å². The molecular weight excluding hydrogens is 437 g/mol. The van der Waals surface area contributed by atoms with Crippen molar-refractivity contribution in [3.63, 3.8) is 0 Å². The fourth-order valence-corrected chi connectivity index (χ4v) is 3.88. The van der Waals surface area contributed by atoms with Crippen molar-refractivity contribution in [3.8, 4) is 17.0 Å². The van der Waals surface area contributed by atoms with Crippen molar-refractivity contribution in [3.05, 3.63) is 60.5 Å². The lowest BCUT2D eigenvalue weighted by molar-refractivity contribution is -0.114. The van der Waals surface area contributed by atoms with Crippen molar-refractivity contribution in [2.45, 2.75) is 0 Å². The molecule has 3 aromatic rings. The van der Waals surface area contributed by atoms with E-state index >= 15 is 0 Å². The predicted octanol–water partition coefficient (Wildman–Crippen LogP) is 3.01. The summed E-state index contributed by atoms with van der Waals surface area (Å²) in [6.07, 6.45) is 1.73. The number of amides is 1. The van der Waals surface area contributed by atoms with Gasteiger partial charge in [-0.2, -0.15) is 5.10 Å². The lowest BCUT2D eigenvalue weighted by Gasteiger charge is -2.26. The van der Waals surface area contributed by atoms with Gasteiger partial charge in [0.05, 0.1) is 25.5 Å². The molecule has 1 fully saturated rings. The fraction of sp³-hybridized carbons (Fsp3) is 0.360. The highest BCUT2D eigenvalue weighted by atomic mass is 19.1. The number of nitrogens with one attached hydrogen (secondary N) is 1. The number of likely N-dealkylation sites (N-methyl/N-ethyl adjacent to an activating group) is 1. The van der Waals surface area contributed by atoms with Crippen LogP contribution >= 0.6 is 0 Å². The number of morpholine rings is 1. The maximum absolute atomic E-state index is 13.2. The monoisotopic (exact) mass is 467 g/mol. The molecule has 2 aromatic carbocycles. The lowest BCUT2D eigenvalue weighted by Crippen LogP contribution is -2.38. The number of carbonyl (C=O) groups excluding carboxylic acids is 1. The van der Waals surface area contributed by atoms with Crippen molar-refractivity contribution in [2.24, 2.45) is 7.05 Å². The second kappa shape index (κ2) is 11.1. The van der Waals surface area contributed by atoms with E-state index in [1.807, 2.05) is 31.3 Å². The van der Waals surface area contributed by atoms with Gasteiger partial charge < -0.3 is 19.7 Å². The van der Waals surface area contributed by atoms with Gasteiger partial charge in [0.2, 0.25) is 5.91 Å². The molecule has 0 radical (unpaired) electrons. The number of ether oxygens (including phenoxy) is 2. The minimum atomic E-state index is -0.309. The average Bonchev–Trinajstić information content (AvgIpc) is 3.26. The molecule has 8 nitrogen and oxygen atoms in total. The van der Waals surface area contributed by atoms with Crippen LogP contribution in [0.3, 0.4) is 0 Å². The number of nitrogens with zero attached hydrogens (tertiary/aromatic N) is 4. The molecule has 0 atom stereocenters. The zero-order valence-corrected chi connectivity index (χ0v) is 19.5. The van der Waals surface area contributed by atoms with Crippen LogP contribution in [-0.4, -0.2) is 73.6 Å². The Labute approximate surface area is 198 Å². The second-order valence-electron chi connectivity index (χ2n) is 8.23. The predicted molar refractivity (Wildman–Crippen MR) is 130 cm³/mol. The number of anilines is 2. The van der Waals surface area contributed by atoms with Gasteiger partial charge in [-0.1, -0.05) is 0 Å². The summed E-state index contributed by atoms with van der Waals surface area (Å²) < 4.78 is 26.5. The number of aromatic nitrogens is 2. The summed E-state index contributed by atoms with van der Waals surface area (Å²) in [5.74, 6) is 0.249. The van der Waals surface area contributed by atoms with E-state index in [0.29, 0.717) is 12.3 Å². The second-order valence-corrected chi connectivity index (χ2v) is 8.23. The molecule has 0 saturated carbocycles. The molecule has 1 amide bonds. The molecule has 1 N–H and O–H groups in total. The third-order valence-electron chi connectivity index (χ3n) is 5.78. The number of hydrogen-bond acceptors (Lipinski definition) is 6. The highest BCUT2D eigenvalue weighted by Crippen LogP contribution is 2.32. The van der Waals surface area contributed by atoms with Crippen molar-refractivity contribution in [1.82, 2.24) is 14.7 Å². The third kappa shape index (κ3) is 6.12. The van der Waals surface area contributed by atoms with Gasteiger partial charge in [-0.05, 0) is 48.5 Å². The Balaban J connectivity index is 1.43. The van der Waals surface area contributed by atoms with E-state index < -0.39 is 0 Å². The minimum Gasteiger partial charge on any atom is -0.492 e. The highest BCUT2D eigenvalue weighted by Gasteiger charge is 2.15. The van der Waals surface area contributed by atoms with Gasteiger partial charge in [-0.25, -0.2) is 4.39 Å². The van der Waals surface area contributed by atoms with Crippen molar-refractivity contribution in [2.75, 3.05) is 63.3 Å². The van der Waals surface area contributed by atoms with Gasteiger partial charge in [-0.3, -0.25) is 14.4 Å². The SMILES string of the molecule is CN(CC(=O)Nc1ccc(OCCN2CCOCC2)c(-c2ccnn2C)c1)c1ccc(F)cc1. The Morgan fingerprint density at radius 3 is 2.65 bits per heavy atom. The van der Waals surface area contributed by atoms with E-state index in [2.05, 4.69) is 15.3 Å². The molecule has 0 aliphatic carbocycles. The number of aryl methyl sites for hydroxylation is 1. The molecule has 0 bridgehead atoms. The summed E-state index contributed by atoms with van der Waals surface area (Å²) in [6.45, 7) is 4.84. The first-order valence-corrected chi connectivity index (χ1v) is 11.3. The molecule has 1 aliphatic heterocycles.